The number of aryl methyl sites for hydroxylation is 1. The van der Waals surface area contributed by atoms with E-state index in [1.807, 2.05) is 0 Å². The Labute approximate surface area is 101 Å². The van der Waals surface area contributed by atoms with Gasteiger partial charge in [0, 0.05) is 11.4 Å². The lowest BCUT2D eigenvalue weighted by Gasteiger charge is -2.14. The zero-order chi connectivity index (χ0) is 11.8. The Morgan fingerprint density at radius 2 is 2.12 bits per heavy atom. The summed E-state index contributed by atoms with van der Waals surface area (Å²) in [5.41, 5.74) is 2.26. The summed E-state index contributed by atoms with van der Waals surface area (Å²) in [4.78, 5) is 8.68. The molecule has 1 unspecified atom stereocenters. The topological polar surface area (TPSA) is 37.8 Å². The number of hydrogen-bond acceptors (Lipinski definition) is 3. The molecule has 1 saturated carbocycles. The summed E-state index contributed by atoms with van der Waals surface area (Å²) in [7, 11) is 0. The van der Waals surface area contributed by atoms with Gasteiger partial charge in [0.05, 0.1) is 5.52 Å². The van der Waals surface area contributed by atoms with Crippen LogP contribution in [0.15, 0.2) is 24.5 Å². The first kappa shape index (κ1) is 10.5. The van der Waals surface area contributed by atoms with Crippen LogP contribution in [-0.2, 0) is 0 Å². The van der Waals surface area contributed by atoms with E-state index in [4.69, 9.17) is 0 Å². The van der Waals surface area contributed by atoms with E-state index in [0.29, 0.717) is 6.04 Å². The molecule has 0 bridgehead atoms. The number of aromatic nitrogens is 2. The molecular formula is C14H17N3. The van der Waals surface area contributed by atoms with Crippen LogP contribution in [0.1, 0.15) is 25.3 Å². The van der Waals surface area contributed by atoms with Crippen molar-refractivity contribution in [2.75, 3.05) is 5.32 Å². The summed E-state index contributed by atoms with van der Waals surface area (Å²) in [6.07, 6.45) is 4.33. The lowest BCUT2D eigenvalue weighted by molar-refractivity contribution is 0.691. The second-order valence-electron chi connectivity index (χ2n) is 5.01. The highest BCUT2D eigenvalue weighted by atomic mass is 15.0. The molecule has 1 heterocycles. The molecule has 1 aromatic heterocycles. The Hall–Kier alpha value is -1.64. The molecule has 0 radical (unpaired) electrons. The standard InChI is InChI=1S/C14H17N3/c1-9-3-6-13-12(7-9)14(16-8-15-13)17-10(2)11-4-5-11/h3,6-8,10-11H,4-5H2,1-2H3,(H,15,16,17). The minimum absolute atomic E-state index is 0.508. The highest BCUT2D eigenvalue weighted by Gasteiger charge is 2.28. The highest BCUT2D eigenvalue weighted by molar-refractivity contribution is 5.89. The van der Waals surface area contributed by atoms with Gasteiger partial charge < -0.3 is 5.32 Å². The normalized spacial score (nSPS) is 17.1. The van der Waals surface area contributed by atoms with Gasteiger partial charge >= 0.3 is 0 Å². The third-order valence-corrected chi connectivity index (χ3v) is 3.48. The van der Waals surface area contributed by atoms with Crippen LogP contribution in [-0.4, -0.2) is 16.0 Å². The Morgan fingerprint density at radius 1 is 1.29 bits per heavy atom. The van der Waals surface area contributed by atoms with Crippen molar-refractivity contribution in [1.29, 1.82) is 0 Å². The van der Waals surface area contributed by atoms with Crippen molar-refractivity contribution in [2.24, 2.45) is 5.92 Å². The Morgan fingerprint density at radius 3 is 2.88 bits per heavy atom. The second kappa shape index (κ2) is 3.99. The predicted molar refractivity (Wildman–Crippen MR) is 70.1 cm³/mol. The first-order chi connectivity index (χ1) is 8.24. The van der Waals surface area contributed by atoms with Gasteiger partial charge in [0.25, 0.3) is 0 Å². The van der Waals surface area contributed by atoms with Gasteiger partial charge in [0.15, 0.2) is 0 Å². The van der Waals surface area contributed by atoms with Gasteiger partial charge in [0.1, 0.15) is 12.1 Å². The van der Waals surface area contributed by atoms with E-state index in [2.05, 4.69) is 47.3 Å². The smallest absolute Gasteiger partial charge is 0.137 e. The maximum Gasteiger partial charge on any atom is 0.137 e. The van der Waals surface area contributed by atoms with Crippen molar-refractivity contribution in [2.45, 2.75) is 32.7 Å². The van der Waals surface area contributed by atoms with Gasteiger partial charge in [-0.2, -0.15) is 0 Å². The van der Waals surface area contributed by atoms with Crippen molar-refractivity contribution in [3.63, 3.8) is 0 Å². The minimum atomic E-state index is 0.508. The Bertz CT molecular complexity index is 546. The monoisotopic (exact) mass is 227 g/mol. The minimum Gasteiger partial charge on any atom is -0.367 e. The van der Waals surface area contributed by atoms with Crippen molar-refractivity contribution < 1.29 is 0 Å². The number of fused-ring (bicyclic) bond motifs is 1. The Kier molecular flexibility index (Phi) is 2.46. The van der Waals surface area contributed by atoms with Crippen LogP contribution in [0.2, 0.25) is 0 Å². The fourth-order valence-electron chi connectivity index (χ4n) is 2.22. The second-order valence-corrected chi connectivity index (χ2v) is 5.01. The summed E-state index contributed by atoms with van der Waals surface area (Å²) in [6.45, 7) is 4.34. The Balaban J connectivity index is 1.99. The SMILES string of the molecule is Cc1ccc2ncnc(NC(C)C3CC3)c2c1. The first-order valence-electron chi connectivity index (χ1n) is 6.22. The van der Waals surface area contributed by atoms with Crippen molar-refractivity contribution in [3.05, 3.63) is 30.1 Å². The van der Waals surface area contributed by atoms with E-state index in [1.165, 1.54) is 18.4 Å². The van der Waals surface area contributed by atoms with Crippen LogP contribution in [0.25, 0.3) is 10.9 Å². The van der Waals surface area contributed by atoms with Crippen molar-refractivity contribution in [3.8, 4) is 0 Å². The molecule has 0 spiro atoms. The summed E-state index contributed by atoms with van der Waals surface area (Å²) < 4.78 is 0. The average molecular weight is 227 g/mol. The van der Waals surface area contributed by atoms with E-state index in [9.17, 15) is 0 Å². The van der Waals surface area contributed by atoms with E-state index in [1.54, 1.807) is 6.33 Å². The van der Waals surface area contributed by atoms with Crippen LogP contribution < -0.4 is 5.32 Å². The molecule has 1 aliphatic rings. The average Bonchev–Trinajstić information content (AvgIpc) is 3.13. The van der Waals surface area contributed by atoms with Crippen molar-refractivity contribution in [1.82, 2.24) is 9.97 Å². The van der Waals surface area contributed by atoms with Gasteiger partial charge in [0.2, 0.25) is 0 Å². The van der Waals surface area contributed by atoms with Crippen LogP contribution in [0.3, 0.4) is 0 Å². The van der Waals surface area contributed by atoms with E-state index in [0.717, 1.165) is 22.6 Å². The fraction of sp³-hybridized carbons (Fsp3) is 0.429. The van der Waals surface area contributed by atoms with Crippen LogP contribution >= 0.6 is 0 Å². The molecule has 3 rings (SSSR count). The van der Waals surface area contributed by atoms with Crippen LogP contribution in [0, 0.1) is 12.8 Å². The molecular weight excluding hydrogens is 210 g/mol. The number of benzene rings is 1. The maximum atomic E-state index is 4.38. The molecule has 3 heteroatoms. The molecule has 88 valence electrons. The third kappa shape index (κ3) is 2.09. The molecule has 3 nitrogen and oxygen atoms in total. The molecule has 0 amide bonds. The van der Waals surface area contributed by atoms with Gasteiger partial charge in [-0.05, 0) is 44.7 Å². The quantitative estimate of drug-likeness (QED) is 0.875. The number of anilines is 1. The molecule has 17 heavy (non-hydrogen) atoms. The lowest BCUT2D eigenvalue weighted by Crippen LogP contribution is -2.18. The van der Waals surface area contributed by atoms with Gasteiger partial charge in [-0.3, -0.25) is 0 Å². The van der Waals surface area contributed by atoms with E-state index in [-0.39, 0.29) is 0 Å². The third-order valence-electron chi connectivity index (χ3n) is 3.48. The summed E-state index contributed by atoms with van der Waals surface area (Å²) in [5, 5.41) is 4.65. The van der Waals surface area contributed by atoms with Gasteiger partial charge in [-0.1, -0.05) is 11.6 Å². The summed E-state index contributed by atoms with van der Waals surface area (Å²) in [5.74, 6) is 1.79. The summed E-state index contributed by atoms with van der Waals surface area (Å²) >= 11 is 0. The predicted octanol–water partition coefficient (Wildman–Crippen LogP) is 3.15. The van der Waals surface area contributed by atoms with Crippen LogP contribution in [0.4, 0.5) is 5.82 Å². The molecule has 2 aromatic rings. The molecule has 1 N–H and O–H groups in total. The number of rotatable bonds is 3. The first-order valence-corrected chi connectivity index (χ1v) is 6.22. The molecule has 1 aromatic carbocycles. The van der Waals surface area contributed by atoms with Crippen LogP contribution in [0.5, 0.6) is 0 Å². The zero-order valence-corrected chi connectivity index (χ0v) is 10.3. The summed E-state index contributed by atoms with van der Waals surface area (Å²) in [6, 6.07) is 6.80. The molecule has 1 fully saturated rings. The fourth-order valence-corrected chi connectivity index (χ4v) is 2.22. The largest absolute Gasteiger partial charge is 0.367 e. The van der Waals surface area contributed by atoms with Crippen molar-refractivity contribution >= 4 is 16.7 Å². The highest BCUT2D eigenvalue weighted by Crippen LogP contribution is 2.34. The molecule has 0 aliphatic heterocycles. The number of nitrogens with one attached hydrogen (secondary N) is 1. The molecule has 0 saturated heterocycles. The van der Waals surface area contributed by atoms with E-state index >= 15 is 0 Å². The van der Waals surface area contributed by atoms with Gasteiger partial charge in [-0.15, -0.1) is 0 Å². The maximum absolute atomic E-state index is 4.38. The molecule has 1 atom stereocenters. The lowest BCUT2D eigenvalue weighted by atomic mass is 10.1. The van der Waals surface area contributed by atoms with Gasteiger partial charge in [-0.25, -0.2) is 9.97 Å². The number of hydrogen-bond donors (Lipinski definition) is 1. The van der Waals surface area contributed by atoms with E-state index < -0.39 is 0 Å². The molecule has 1 aliphatic carbocycles. The number of nitrogens with zero attached hydrogens (tertiary/aromatic N) is 2. The zero-order valence-electron chi connectivity index (χ0n) is 10.3.